The molecule has 0 bridgehead atoms. The van der Waals surface area contributed by atoms with Crippen molar-refractivity contribution >= 4 is 11.3 Å². The molecule has 2 rings (SSSR count). The van der Waals surface area contributed by atoms with E-state index in [0.29, 0.717) is 6.61 Å². The molecular weight excluding hydrogens is 268 g/mol. The van der Waals surface area contributed by atoms with Crippen molar-refractivity contribution in [2.45, 2.75) is 40.8 Å². The van der Waals surface area contributed by atoms with Gasteiger partial charge in [-0.15, -0.1) is 11.3 Å². The number of hydrogen-bond acceptors (Lipinski definition) is 4. The molecule has 2 aromatic rings. The molecule has 1 N–H and O–H groups in total. The Labute approximate surface area is 125 Å². The minimum atomic E-state index is 0.544. The van der Waals surface area contributed by atoms with Crippen molar-refractivity contribution in [3.63, 3.8) is 0 Å². The van der Waals surface area contributed by atoms with Gasteiger partial charge in [-0.2, -0.15) is 0 Å². The van der Waals surface area contributed by atoms with Crippen LogP contribution in [0.15, 0.2) is 18.2 Å². The first kappa shape index (κ1) is 15.0. The van der Waals surface area contributed by atoms with Crippen LogP contribution in [0.2, 0.25) is 0 Å². The molecule has 0 aliphatic heterocycles. The normalized spacial score (nSPS) is 10.8. The molecule has 1 heterocycles. The van der Waals surface area contributed by atoms with E-state index >= 15 is 0 Å². The monoisotopic (exact) mass is 290 g/mol. The molecule has 0 atom stereocenters. The maximum Gasteiger partial charge on any atom is 0.140 e. The first-order chi connectivity index (χ1) is 9.60. The fourth-order valence-electron chi connectivity index (χ4n) is 1.95. The van der Waals surface area contributed by atoms with Gasteiger partial charge in [-0.3, -0.25) is 0 Å². The molecule has 0 unspecified atom stereocenters. The molecule has 0 spiro atoms. The number of benzene rings is 1. The van der Waals surface area contributed by atoms with Gasteiger partial charge in [0, 0.05) is 11.4 Å². The van der Waals surface area contributed by atoms with Crippen LogP contribution in [0.5, 0.6) is 5.75 Å². The summed E-state index contributed by atoms with van der Waals surface area (Å²) >= 11 is 1.73. The topological polar surface area (TPSA) is 34.1 Å². The quantitative estimate of drug-likeness (QED) is 0.879. The third-order valence-corrected chi connectivity index (χ3v) is 4.30. The predicted octanol–water partition coefficient (Wildman–Crippen LogP) is 3.76. The lowest BCUT2D eigenvalue weighted by Crippen LogP contribution is -2.11. The molecule has 20 heavy (non-hydrogen) atoms. The number of rotatable bonds is 6. The molecule has 0 saturated heterocycles. The van der Waals surface area contributed by atoms with Gasteiger partial charge in [-0.05, 0) is 44.5 Å². The van der Waals surface area contributed by atoms with Crippen molar-refractivity contribution < 1.29 is 4.74 Å². The molecule has 3 nitrogen and oxygen atoms in total. The van der Waals surface area contributed by atoms with Crippen LogP contribution in [0.4, 0.5) is 0 Å². The Bertz CT molecular complexity index is 578. The summed E-state index contributed by atoms with van der Waals surface area (Å²) in [5.41, 5.74) is 3.49. The highest BCUT2D eigenvalue weighted by Crippen LogP contribution is 2.23. The van der Waals surface area contributed by atoms with Crippen LogP contribution in [0.1, 0.15) is 33.6 Å². The maximum atomic E-state index is 5.90. The van der Waals surface area contributed by atoms with Crippen molar-refractivity contribution in [3.8, 4) is 5.75 Å². The summed E-state index contributed by atoms with van der Waals surface area (Å²) in [6.45, 7) is 10.7. The number of aromatic nitrogens is 1. The van der Waals surface area contributed by atoms with E-state index in [-0.39, 0.29) is 0 Å². The standard InChI is InChI=1S/C16H22N2OS/c1-5-17-9-15-13(4)18-16(20-15)10-19-14-8-11(2)6-7-12(14)3/h6-8,17H,5,9-10H2,1-4H3. The summed E-state index contributed by atoms with van der Waals surface area (Å²) in [6.07, 6.45) is 0. The number of aryl methyl sites for hydroxylation is 3. The molecule has 0 aliphatic carbocycles. The van der Waals surface area contributed by atoms with Gasteiger partial charge in [0.2, 0.25) is 0 Å². The minimum absolute atomic E-state index is 0.544. The van der Waals surface area contributed by atoms with Gasteiger partial charge in [0.25, 0.3) is 0 Å². The van der Waals surface area contributed by atoms with Crippen molar-refractivity contribution in [2.75, 3.05) is 6.54 Å². The summed E-state index contributed by atoms with van der Waals surface area (Å²) in [6, 6.07) is 6.27. The first-order valence-corrected chi connectivity index (χ1v) is 7.77. The zero-order valence-corrected chi connectivity index (χ0v) is 13.4. The van der Waals surface area contributed by atoms with Gasteiger partial charge < -0.3 is 10.1 Å². The number of nitrogens with zero attached hydrogens (tertiary/aromatic N) is 1. The number of thiazole rings is 1. The molecule has 1 aromatic carbocycles. The van der Waals surface area contributed by atoms with Crippen molar-refractivity contribution in [1.29, 1.82) is 0 Å². The number of hydrogen-bond donors (Lipinski definition) is 1. The lowest BCUT2D eigenvalue weighted by atomic mass is 10.1. The van der Waals surface area contributed by atoms with Crippen molar-refractivity contribution in [1.82, 2.24) is 10.3 Å². The summed E-state index contributed by atoms with van der Waals surface area (Å²) in [5.74, 6) is 0.950. The number of ether oxygens (including phenoxy) is 1. The van der Waals surface area contributed by atoms with Crippen LogP contribution >= 0.6 is 11.3 Å². The SMILES string of the molecule is CCNCc1sc(COc2cc(C)ccc2C)nc1C. The molecule has 0 aliphatic rings. The van der Waals surface area contributed by atoms with Gasteiger partial charge >= 0.3 is 0 Å². The highest BCUT2D eigenvalue weighted by molar-refractivity contribution is 7.11. The third kappa shape index (κ3) is 3.81. The van der Waals surface area contributed by atoms with Gasteiger partial charge in [-0.25, -0.2) is 4.98 Å². The van der Waals surface area contributed by atoms with E-state index in [0.717, 1.165) is 35.1 Å². The lowest BCUT2D eigenvalue weighted by Gasteiger charge is -2.08. The first-order valence-electron chi connectivity index (χ1n) is 6.96. The molecule has 0 saturated carbocycles. The second-order valence-corrected chi connectivity index (χ2v) is 6.12. The average molecular weight is 290 g/mol. The second-order valence-electron chi connectivity index (χ2n) is 4.95. The van der Waals surface area contributed by atoms with E-state index in [4.69, 9.17) is 4.74 Å². The predicted molar refractivity (Wildman–Crippen MR) is 84.5 cm³/mol. The zero-order valence-electron chi connectivity index (χ0n) is 12.6. The van der Waals surface area contributed by atoms with Crippen LogP contribution < -0.4 is 10.1 Å². The van der Waals surface area contributed by atoms with Crippen LogP contribution in [0.3, 0.4) is 0 Å². The van der Waals surface area contributed by atoms with E-state index < -0.39 is 0 Å². The average Bonchev–Trinajstić information content (AvgIpc) is 2.78. The highest BCUT2D eigenvalue weighted by atomic mass is 32.1. The largest absolute Gasteiger partial charge is 0.486 e. The maximum absolute atomic E-state index is 5.90. The third-order valence-electron chi connectivity index (χ3n) is 3.17. The van der Waals surface area contributed by atoms with E-state index in [1.807, 2.05) is 0 Å². The van der Waals surface area contributed by atoms with E-state index in [2.05, 4.69) is 56.2 Å². The van der Waals surface area contributed by atoms with E-state index in [1.165, 1.54) is 10.4 Å². The van der Waals surface area contributed by atoms with Crippen LogP contribution in [0.25, 0.3) is 0 Å². The Morgan fingerprint density at radius 1 is 1.25 bits per heavy atom. The fourth-order valence-corrected chi connectivity index (χ4v) is 2.91. The Hall–Kier alpha value is -1.39. The van der Waals surface area contributed by atoms with Gasteiger partial charge in [0.05, 0.1) is 5.69 Å². The summed E-state index contributed by atoms with van der Waals surface area (Å²) in [7, 11) is 0. The van der Waals surface area contributed by atoms with E-state index in [9.17, 15) is 0 Å². The van der Waals surface area contributed by atoms with Gasteiger partial charge in [0.15, 0.2) is 0 Å². The summed E-state index contributed by atoms with van der Waals surface area (Å²) < 4.78 is 5.90. The molecule has 4 heteroatoms. The molecule has 1 aromatic heterocycles. The second kappa shape index (κ2) is 6.86. The van der Waals surface area contributed by atoms with Crippen molar-refractivity contribution in [2.24, 2.45) is 0 Å². The van der Waals surface area contributed by atoms with E-state index in [1.54, 1.807) is 11.3 Å². The molecule has 0 amide bonds. The number of nitrogens with one attached hydrogen (secondary N) is 1. The van der Waals surface area contributed by atoms with Crippen molar-refractivity contribution in [3.05, 3.63) is 44.9 Å². The van der Waals surface area contributed by atoms with Crippen LogP contribution in [-0.2, 0) is 13.2 Å². The van der Waals surface area contributed by atoms with Crippen LogP contribution in [-0.4, -0.2) is 11.5 Å². The van der Waals surface area contributed by atoms with Crippen LogP contribution in [0, 0.1) is 20.8 Å². The Morgan fingerprint density at radius 2 is 2.05 bits per heavy atom. The zero-order chi connectivity index (χ0) is 14.5. The smallest absolute Gasteiger partial charge is 0.140 e. The summed E-state index contributed by atoms with van der Waals surface area (Å²) in [5, 5.41) is 4.38. The molecular formula is C16H22N2OS. The minimum Gasteiger partial charge on any atom is -0.486 e. The summed E-state index contributed by atoms with van der Waals surface area (Å²) in [4.78, 5) is 5.88. The fraction of sp³-hybridized carbons (Fsp3) is 0.438. The molecule has 108 valence electrons. The Kier molecular flexibility index (Phi) is 5.15. The van der Waals surface area contributed by atoms with Gasteiger partial charge in [0.1, 0.15) is 17.4 Å². The highest BCUT2D eigenvalue weighted by Gasteiger charge is 2.08. The molecule has 0 radical (unpaired) electrons. The lowest BCUT2D eigenvalue weighted by molar-refractivity contribution is 0.303. The van der Waals surface area contributed by atoms with Gasteiger partial charge in [-0.1, -0.05) is 19.1 Å². The Balaban J connectivity index is 2.02. The molecule has 0 fully saturated rings. The Morgan fingerprint density at radius 3 is 2.80 bits per heavy atom.